The van der Waals surface area contributed by atoms with Gasteiger partial charge in [0.1, 0.15) is 11.5 Å². The first kappa shape index (κ1) is 18.4. The summed E-state index contributed by atoms with van der Waals surface area (Å²) in [5, 5.41) is 15.8. The Kier molecular flexibility index (Phi) is 4.69. The molecule has 0 saturated heterocycles. The number of aliphatic hydroxyl groups excluding tert-OH is 1. The van der Waals surface area contributed by atoms with Gasteiger partial charge in [0.15, 0.2) is 0 Å². The number of ether oxygens (including phenoxy) is 1. The van der Waals surface area contributed by atoms with Crippen molar-refractivity contribution < 1.29 is 14.6 Å². The van der Waals surface area contributed by atoms with Gasteiger partial charge < -0.3 is 15.2 Å². The topological polar surface area (TPSA) is 58.6 Å². The number of aliphatic hydroxyl groups is 1. The molecule has 0 radical (unpaired) electrons. The van der Waals surface area contributed by atoms with Crippen LogP contribution in [0.15, 0.2) is 91.0 Å². The Bertz CT molecular complexity index is 1190. The fourth-order valence-electron chi connectivity index (χ4n) is 4.02. The van der Waals surface area contributed by atoms with Crippen LogP contribution in [0.1, 0.15) is 28.7 Å². The minimum absolute atomic E-state index is 0.138. The molecule has 1 atom stereocenters. The van der Waals surface area contributed by atoms with Gasteiger partial charge >= 0.3 is 0 Å². The van der Waals surface area contributed by atoms with E-state index in [4.69, 9.17) is 4.74 Å². The van der Waals surface area contributed by atoms with Gasteiger partial charge in [-0.1, -0.05) is 72.8 Å². The van der Waals surface area contributed by atoms with Crippen molar-refractivity contribution in [2.24, 2.45) is 0 Å². The molecule has 2 N–H and O–H groups in total. The van der Waals surface area contributed by atoms with Crippen LogP contribution in [0, 0.1) is 0 Å². The van der Waals surface area contributed by atoms with E-state index in [9.17, 15) is 9.90 Å². The number of hydrogen-bond donors (Lipinski definition) is 2. The Hall–Kier alpha value is -3.63. The number of carbonyl (C=O) groups is 1. The molecule has 5 rings (SSSR count). The third kappa shape index (κ3) is 3.31. The highest BCUT2D eigenvalue weighted by Gasteiger charge is 2.32. The van der Waals surface area contributed by atoms with Crippen molar-refractivity contribution in [3.63, 3.8) is 0 Å². The number of carbonyl (C=O) groups excluding carboxylic acids is 1. The van der Waals surface area contributed by atoms with Gasteiger partial charge in [-0.05, 0) is 34.5 Å². The van der Waals surface area contributed by atoms with Crippen molar-refractivity contribution in [3.05, 3.63) is 108 Å². The van der Waals surface area contributed by atoms with Crippen LogP contribution in [0.4, 0.5) is 0 Å². The lowest BCUT2D eigenvalue weighted by Crippen LogP contribution is -2.34. The average molecular weight is 395 g/mol. The maximum Gasteiger partial charge on any atom is 0.232 e. The van der Waals surface area contributed by atoms with Crippen LogP contribution < -0.4 is 10.1 Å². The Morgan fingerprint density at radius 2 is 1.43 bits per heavy atom. The Balaban J connectivity index is 1.37. The van der Waals surface area contributed by atoms with E-state index in [0.29, 0.717) is 11.5 Å². The number of amides is 1. The van der Waals surface area contributed by atoms with E-state index in [1.165, 1.54) is 0 Å². The van der Waals surface area contributed by atoms with Crippen LogP contribution in [0.5, 0.6) is 11.5 Å². The first-order chi connectivity index (χ1) is 14.7. The van der Waals surface area contributed by atoms with Gasteiger partial charge in [0.05, 0.1) is 12.0 Å². The summed E-state index contributed by atoms with van der Waals surface area (Å²) < 4.78 is 5.96. The monoisotopic (exact) mass is 395 g/mol. The fourth-order valence-corrected chi connectivity index (χ4v) is 4.02. The van der Waals surface area contributed by atoms with Crippen molar-refractivity contribution >= 4 is 16.7 Å². The molecule has 4 aromatic carbocycles. The van der Waals surface area contributed by atoms with E-state index in [-0.39, 0.29) is 12.5 Å². The molecule has 0 aliphatic carbocycles. The van der Waals surface area contributed by atoms with Crippen LogP contribution >= 0.6 is 0 Å². The second-order valence-electron chi connectivity index (χ2n) is 7.48. The Labute approximate surface area is 174 Å². The molecular weight excluding hydrogens is 374 g/mol. The second kappa shape index (κ2) is 7.65. The molecule has 4 aromatic rings. The first-order valence-electron chi connectivity index (χ1n) is 10.0. The summed E-state index contributed by atoms with van der Waals surface area (Å²) in [7, 11) is 0. The third-order valence-electron chi connectivity index (χ3n) is 5.57. The highest BCUT2D eigenvalue weighted by Crippen LogP contribution is 2.43. The average Bonchev–Trinajstić information content (AvgIpc) is 2.80. The number of benzene rings is 4. The van der Waals surface area contributed by atoms with Crippen LogP contribution in [-0.2, 0) is 4.79 Å². The largest absolute Gasteiger partial charge is 0.457 e. The lowest BCUT2D eigenvalue weighted by molar-refractivity contribution is -0.122. The molecule has 1 aliphatic rings. The smallest absolute Gasteiger partial charge is 0.232 e. The lowest BCUT2D eigenvalue weighted by atomic mass is 9.87. The van der Waals surface area contributed by atoms with Gasteiger partial charge in [-0.15, -0.1) is 0 Å². The standard InChI is InChI=1S/C26H21NO3/c28-22(19-14-13-17-7-1-2-8-18(17)15-19)16-27-26(29)25-20-9-3-5-11-23(20)30-24-12-6-4-10-21(24)25/h1-15,22,25,28H,16H2,(H,27,29). The molecule has 4 nitrogen and oxygen atoms in total. The van der Waals surface area contributed by atoms with Crippen LogP contribution in [-0.4, -0.2) is 17.6 Å². The first-order valence-corrected chi connectivity index (χ1v) is 10.0. The van der Waals surface area contributed by atoms with E-state index in [2.05, 4.69) is 5.32 Å². The second-order valence-corrected chi connectivity index (χ2v) is 7.48. The summed E-state index contributed by atoms with van der Waals surface area (Å²) in [5.74, 6) is 0.742. The molecule has 0 bridgehead atoms. The Morgan fingerprint density at radius 3 is 2.13 bits per heavy atom. The highest BCUT2D eigenvalue weighted by molar-refractivity contribution is 5.89. The van der Waals surface area contributed by atoms with E-state index >= 15 is 0 Å². The zero-order chi connectivity index (χ0) is 20.5. The van der Waals surface area contributed by atoms with E-state index in [1.54, 1.807) is 0 Å². The summed E-state index contributed by atoms with van der Waals surface area (Å²) in [4.78, 5) is 13.2. The predicted octanol–water partition coefficient (Wildman–Crippen LogP) is 4.93. The van der Waals surface area contributed by atoms with Crippen molar-refractivity contribution in [1.29, 1.82) is 0 Å². The zero-order valence-corrected chi connectivity index (χ0v) is 16.3. The summed E-state index contributed by atoms with van der Waals surface area (Å²) in [6, 6.07) is 29.0. The predicted molar refractivity (Wildman–Crippen MR) is 117 cm³/mol. The summed E-state index contributed by atoms with van der Waals surface area (Å²) >= 11 is 0. The van der Waals surface area contributed by atoms with Gasteiger partial charge in [-0.3, -0.25) is 4.79 Å². The van der Waals surface area contributed by atoms with Gasteiger partial charge in [-0.25, -0.2) is 0 Å². The maximum absolute atomic E-state index is 13.2. The SMILES string of the molecule is O=C(NCC(O)c1ccc2ccccc2c1)C1c2ccccc2Oc2ccccc21. The van der Waals surface area contributed by atoms with Gasteiger partial charge in [0, 0.05) is 17.7 Å². The maximum atomic E-state index is 13.2. The molecule has 0 fully saturated rings. The van der Waals surface area contributed by atoms with Gasteiger partial charge in [-0.2, -0.15) is 0 Å². The van der Waals surface area contributed by atoms with Crippen molar-refractivity contribution in [3.8, 4) is 11.5 Å². The van der Waals surface area contributed by atoms with Gasteiger partial charge in [0.25, 0.3) is 0 Å². The quantitative estimate of drug-likeness (QED) is 0.515. The molecule has 148 valence electrons. The summed E-state index contributed by atoms with van der Waals surface area (Å²) in [6.07, 6.45) is -0.788. The van der Waals surface area contributed by atoms with Crippen molar-refractivity contribution in [2.75, 3.05) is 6.54 Å². The number of hydrogen-bond acceptors (Lipinski definition) is 3. The number of nitrogens with one attached hydrogen (secondary N) is 1. The molecule has 0 spiro atoms. The normalized spacial score (nSPS) is 13.8. The number of para-hydroxylation sites is 2. The molecule has 1 unspecified atom stereocenters. The molecule has 0 saturated carbocycles. The van der Waals surface area contributed by atoms with Crippen molar-refractivity contribution in [2.45, 2.75) is 12.0 Å². The number of fused-ring (bicyclic) bond motifs is 3. The van der Waals surface area contributed by atoms with E-state index in [1.807, 2.05) is 91.0 Å². The van der Waals surface area contributed by atoms with E-state index < -0.39 is 12.0 Å². The van der Waals surface area contributed by atoms with Crippen LogP contribution in [0.2, 0.25) is 0 Å². The molecule has 4 heteroatoms. The summed E-state index contributed by atoms with van der Waals surface area (Å²) in [6.45, 7) is 0.138. The lowest BCUT2D eigenvalue weighted by Gasteiger charge is -2.27. The fraction of sp³-hybridized carbons (Fsp3) is 0.115. The Morgan fingerprint density at radius 1 is 0.833 bits per heavy atom. The molecule has 30 heavy (non-hydrogen) atoms. The van der Waals surface area contributed by atoms with Crippen molar-refractivity contribution in [1.82, 2.24) is 5.32 Å². The molecule has 1 heterocycles. The third-order valence-corrected chi connectivity index (χ3v) is 5.57. The molecular formula is C26H21NO3. The number of rotatable bonds is 4. The minimum Gasteiger partial charge on any atom is -0.457 e. The van der Waals surface area contributed by atoms with E-state index in [0.717, 1.165) is 27.5 Å². The summed E-state index contributed by atoms with van der Waals surface area (Å²) in [5.41, 5.74) is 2.43. The molecule has 1 amide bonds. The molecule has 1 aliphatic heterocycles. The highest BCUT2D eigenvalue weighted by atomic mass is 16.5. The van der Waals surface area contributed by atoms with Crippen LogP contribution in [0.25, 0.3) is 10.8 Å². The van der Waals surface area contributed by atoms with Gasteiger partial charge in [0.2, 0.25) is 5.91 Å². The molecule has 0 aromatic heterocycles. The zero-order valence-electron chi connectivity index (χ0n) is 16.3. The minimum atomic E-state index is -0.788. The van der Waals surface area contributed by atoms with Crippen LogP contribution in [0.3, 0.4) is 0 Å².